The van der Waals surface area contributed by atoms with Gasteiger partial charge in [0, 0.05) is 44.7 Å². The fourth-order valence-electron chi connectivity index (χ4n) is 3.30. The summed E-state index contributed by atoms with van der Waals surface area (Å²) in [6.45, 7) is 9.35. The molecule has 0 aromatic carbocycles. The van der Waals surface area contributed by atoms with Crippen LogP contribution in [0.3, 0.4) is 0 Å². The van der Waals surface area contributed by atoms with Crippen LogP contribution in [0, 0.1) is 5.92 Å². The quantitative estimate of drug-likeness (QED) is 0.849. The maximum absolute atomic E-state index is 12.6. The van der Waals surface area contributed by atoms with Gasteiger partial charge in [0.1, 0.15) is 0 Å². The third-order valence-electron chi connectivity index (χ3n) is 4.53. The Bertz CT molecular complexity index is 378. The first-order valence-electron chi connectivity index (χ1n) is 7.85. The molecule has 0 saturated carbocycles. The molecular formula is C15H28ClN3O2. The standard InChI is InChI=1S/C15H27N3O2.ClH/c1-4-5-11(2)18-10-13(8-14(18)19)15(20)17-7-6-16-9-12(17)3;/h11-13,16H,4-10H2,1-3H3;1H. The van der Waals surface area contributed by atoms with E-state index in [0.717, 1.165) is 32.5 Å². The summed E-state index contributed by atoms with van der Waals surface area (Å²) in [5.74, 6) is 0.174. The normalized spacial score (nSPS) is 27.5. The maximum atomic E-state index is 12.6. The van der Waals surface area contributed by atoms with Crippen LogP contribution in [0.15, 0.2) is 0 Å². The Hall–Kier alpha value is -0.810. The van der Waals surface area contributed by atoms with Crippen LogP contribution >= 0.6 is 12.4 Å². The lowest BCUT2D eigenvalue weighted by atomic mass is 10.0. The van der Waals surface area contributed by atoms with Gasteiger partial charge in [-0.3, -0.25) is 9.59 Å². The van der Waals surface area contributed by atoms with Gasteiger partial charge in [-0.15, -0.1) is 12.4 Å². The summed E-state index contributed by atoms with van der Waals surface area (Å²) in [5.41, 5.74) is 0. The summed E-state index contributed by atoms with van der Waals surface area (Å²) < 4.78 is 0. The van der Waals surface area contributed by atoms with Crippen molar-refractivity contribution < 1.29 is 9.59 Å². The van der Waals surface area contributed by atoms with Gasteiger partial charge in [0.2, 0.25) is 11.8 Å². The van der Waals surface area contributed by atoms with E-state index in [9.17, 15) is 9.59 Å². The van der Waals surface area contributed by atoms with Crippen LogP contribution in [0.25, 0.3) is 0 Å². The third kappa shape index (κ3) is 4.10. The van der Waals surface area contributed by atoms with Gasteiger partial charge in [0.25, 0.3) is 0 Å². The maximum Gasteiger partial charge on any atom is 0.228 e. The van der Waals surface area contributed by atoms with Crippen LogP contribution in [0.2, 0.25) is 0 Å². The molecule has 2 aliphatic rings. The largest absolute Gasteiger partial charge is 0.339 e. The van der Waals surface area contributed by atoms with Crippen molar-refractivity contribution in [1.29, 1.82) is 0 Å². The molecule has 0 spiro atoms. The molecule has 0 radical (unpaired) electrons. The van der Waals surface area contributed by atoms with E-state index in [2.05, 4.69) is 26.1 Å². The van der Waals surface area contributed by atoms with Crippen molar-refractivity contribution in [3.8, 4) is 0 Å². The van der Waals surface area contributed by atoms with E-state index >= 15 is 0 Å². The molecule has 21 heavy (non-hydrogen) atoms. The molecule has 2 amide bonds. The van der Waals surface area contributed by atoms with Crippen LogP contribution in [0.5, 0.6) is 0 Å². The van der Waals surface area contributed by atoms with E-state index < -0.39 is 0 Å². The van der Waals surface area contributed by atoms with E-state index in [1.54, 1.807) is 0 Å². The van der Waals surface area contributed by atoms with Gasteiger partial charge in [-0.2, -0.15) is 0 Å². The Morgan fingerprint density at radius 1 is 1.48 bits per heavy atom. The van der Waals surface area contributed by atoms with Crippen LogP contribution in [0.1, 0.15) is 40.0 Å². The number of rotatable bonds is 4. The molecule has 2 fully saturated rings. The highest BCUT2D eigenvalue weighted by molar-refractivity contribution is 5.89. The predicted octanol–water partition coefficient (Wildman–Crippen LogP) is 1.27. The first kappa shape index (κ1) is 18.2. The van der Waals surface area contributed by atoms with Crippen LogP contribution < -0.4 is 5.32 Å². The minimum atomic E-state index is -0.137. The predicted molar refractivity (Wildman–Crippen MR) is 85.5 cm³/mol. The molecule has 0 bridgehead atoms. The molecule has 1 N–H and O–H groups in total. The zero-order valence-electron chi connectivity index (χ0n) is 13.3. The lowest BCUT2D eigenvalue weighted by Crippen LogP contribution is -2.54. The SMILES string of the molecule is CCCC(C)N1CC(C(=O)N2CCNCC2C)CC1=O.Cl. The van der Waals surface area contributed by atoms with Crippen molar-refractivity contribution in [1.82, 2.24) is 15.1 Å². The van der Waals surface area contributed by atoms with E-state index in [4.69, 9.17) is 0 Å². The Labute approximate surface area is 133 Å². The summed E-state index contributed by atoms with van der Waals surface area (Å²) in [6.07, 6.45) is 2.47. The summed E-state index contributed by atoms with van der Waals surface area (Å²) in [6, 6.07) is 0.485. The van der Waals surface area contributed by atoms with E-state index in [1.807, 2.05) is 9.80 Å². The van der Waals surface area contributed by atoms with Crippen LogP contribution in [-0.2, 0) is 9.59 Å². The highest BCUT2D eigenvalue weighted by Crippen LogP contribution is 2.24. The highest BCUT2D eigenvalue weighted by Gasteiger charge is 2.39. The fourth-order valence-corrected chi connectivity index (χ4v) is 3.30. The van der Waals surface area contributed by atoms with Crippen molar-refractivity contribution in [3.63, 3.8) is 0 Å². The molecule has 0 aliphatic carbocycles. The molecule has 2 rings (SSSR count). The zero-order chi connectivity index (χ0) is 14.7. The van der Waals surface area contributed by atoms with E-state index in [0.29, 0.717) is 13.0 Å². The van der Waals surface area contributed by atoms with Crippen molar-refractivity contribution in [2.45, 2.75) is 52.1 Å². The summed E-state index contributed by atoms with van der Waals surface area (Å²) in [4.78, 5) is 28.6. The second-order valence-corrected chi connectivity index (χ2v) is 6.17. The first-order chi connectivity index (χ1) is 9.54. The summed E-state index contributed by atoms with van der Waals surface area (Å²) in [5, 5.41) is 3.29. The molecule has 0 aromatic heterocycles. The van der Waals surface area contributed by atoms with Crippen molar-refractivity contribution >= 4 is 24.2 Å². The Morgan fingerprint density at radius 2 is 2.19 bits per heavy atom. The van der Waals surface area contributed by atoms with Crippen molar-refractivity contribution in [3.05, 3.63) is 0 Å². The Balaban J connectivity index is 0.00000220. The second kappa shape index (κ2) is 7.99. The first-order valence-corrected chi connectivity index (χ1v) is 7.85. The summed E-state index contributed by atoms with van der Waals surface area (Å²) in [7, 11) is 0. The number of nitrogens with one attached hydrogen (secondary N) is 1. The molecule has 122 valence electrons. The van der Waals surface area contributed by atoms with Gasteiger partial charge < -0.3 is 15.1 Å². The van der Waals surface area contributed by atoms with Gasteiger partial charge in [0.15, 0.2) is 0 Å². The minimum absolute atomic E-state index is 0. The smallest absolute Gasteiger partial charge is 0.228 e. The Morgan fingerprint density at radius 3 is 2.81 bits per heavy atom. The number of piperazine rings is 1. The number of amides is 2. The average Bonchev–Trinajstić information content (AvgIpc) is 2.81. The van der Waals surface area contributed by atoms with Crippen molar-refractivity contribution in [2.24, 2.45) is 5.92 Å². The van der Waals surface area contributed by atoms with Crippen molar-refractivity contribution in [2.75, 3.05) is 26.2 Å². The highest BCUT2D eigenvalue weighted by atomic mass is 35.5. The van der Waals surface area contributed by atoms with Gasteiger partial charge in [-0.05, 0) is 20.3 Å². The average molecular weight is 318 g/mol. The number of hydrogen-bond acceptors (Lipinski definition) is 3. The number of carbonyl (C=O) groups is 2. The molecule has 2 heterocycles. The minimum Gasteiger partial charge on any atom is -0.339 e. The van der Waals surface area contributed by atoms with Gasteiger partial charge in [-0.1, -0.05) is 13.3 Å². The molecule has 6 heteroatoms. The molecule has 2 aliphatic heterocycles. The molecule has 0 aromatic rings. The Kier molecular flexibility index (Phi) is 6.94. The zero-order valence-corrected chi connectivity index (χ0v) is 14.1. The lowest BCUT2D eigenvalue weighted by molar-refractivity contribution is -0.138. The number of likely N-dealkylation sites (tertiary alicyclic amines) is 1. The van der Waals surface area contributed by atoms with Gasteiger partial charge in [0.05, 0.1) is 5.92 Å². The lowest BCUT2D eigenvalue weighted by Gasteiger charge is -2.35. The monoisotopic (exact) mass is 317 g/mol. The van der Waals surface area contributed by atoms with E-state index in [1.165, 1.54) is 0 Å². The topological polar surface area (TPSA) is 52.7 Å². The molecular weight excluding hydrogens is 290 g/mol. The van der Waals surface area contributed by atoms with Crippen LogP contribution in [0.4, 0.5) is 0 Å². The summed E-state index contributed by atoms with van der Waals surface area (Å²) >= 11 is 0. The number of hydrogen-bond donors (Lipinski definition) is 1. The fraction of sp³-hybridized carbons (Fsp3) is 0.867. The molecule has 3 unspecified atom stereocenters. The number of halogens is 1. The van der Waals surface area contributed by atoms with E-state index in [-0.39, 0.29) is 42.2 Å². The van der Waals surface area contributed by atoms with Crippen LogP contribution in [-0.4, -0.2) is 59.9 Å². The number of nitrogens with zero attached hydrogens (tertiary/aromatic N) is 2. The van der Waals surface area contributed by atoms with Gasteiger partial charge >= 0.3 is 0 Å². The molecule has 5 nitrogen and oxygen atoms in total. The molecule has 2 saturated heterocycles. The van der Waals surface area contributed by atoms with Gasteiger partial charge in [-0.25, -0.2) is 0 Å². The third-order valence-corrected chi connectivity index (χ3v) is 4.53. The number of carbonyl (C=O) groups excluding carboxylic acids is 2. The molecule has 3 atom stereocenters. The second-order valence-electron chi connectivity index (χ2n) is 6.17.